The number of hydrogen-bond acceptors (Lipinski definition) is 0. The minimum Gasteiger partial charge on any atom is -0.147 e. The van der Waals surface area contributed by atoms with Crippen LogP contribution in [0.4, 0.5) is 0 Å². The van der Waals surface area contributed by atoms with Crippen molar-refractivity contribution < 1.29 is 14.0 Å². The van der Waals surface area contributed by atoms with Crippen LogP contribution in [0.15, 0.2) is 59.7 Å². The van der Waals surface area contributed by atoms with Gasteiger partial charge in [0.15, 0.2) is 0 Å². The molecule has 162 valence electrons. The average Bonchev–Trinajstić information content (AvgIpc) is 3.20. The zero-order valence-electron chi connectivity index (χ0n) is 18.8. The van der Waals surface area contributed by atoms with Crippen LogP contribution in [0.1, 0.15) is 70.2 Å². The minimum absolute atomic E-state index is 0. The van der Waals surface area contributed by atoms with Crippen LogP contribution in [0.3, 0.4) is 0 Å². The van der Waals surface area contributed by atoms with Gasteiger partial charge in [-0.25, -0.2) is 0 Å². The van der Waals surface area contributed by atoms with E-state index in [9.17, 15) is 0 Å². The van der Waals surface area contributed by atoms with Crippen LogP contribution in [0, 0.1) is 0 Å². The Morgan fingerprint density at radius 3 is 1.43 bits per heavy atom. The number of fused-ring (bicyclic) bond motifs is 2. The second-order valence-corrected chi connectivity index (χ2v) is 30.2. The van der Waals surface area contributed by atoms with Gasteiger partial charge in [-0.15, -0.1) is 24.8 Å². The SMILES string of the molecule is CCCC1=Cc2ccccc2[CH]1[Ti]([CH3])([CH3])(=[SiH2])[CH]1C(CCC)=Cc2ccccc21.Cl.Cl. The molecule has 2 unspecified atom stereocenters. The van der Waals surface area contributed by atoms with Crippen molar-refractivity contribution in [2.45, 2.75) is 58.4 Å². The molecule has 2 atom stereocenters. The summed E-state index contributed by atoms with van der Waals surface area (Å²) in [5, 5.41) is 5.48. The molecular weight excluding hydrogens is 459 g/mol. The van der Waals surface area contributed by atoms with E-state index in [2.05, 4.69) is 92.6 Å². The van der Waals surface area contributed by atoms with Gasteiger partial charge in [-0.3, -0.25) is 0 Å². The van der Waals surface area contributed by atoms with Crippen molar-refractivity contribution in [3.8, 4) is 0 Å². The van der Waals surface area contributed by atoms with Crippen molar-refractivity contribution in [3.63, 3.8) is 0 Å². The predicted octanol–water partition coefficient (Wildman–Crippen LogP) is 8.04. The smallest absolute Gasteiger partial charge is 0.147 e. The summed E-state index contributed by atoms with van der Waals surface area (Å²) in [6.45, 7) is 4.67. The van der Waals surface area contributed by atoms with E-state index < -0.39 is 14.0 Å². The number of hydrogen-bond donors (Lipinski definition) is 0. The zero-order valence-corrected chi connectivity index (χ0v) is 23.4. The molecule has 30 heavy (non-hydrogen) atoms. The fraction of sp³-hybridized carbons (Fsp3) is 0.385. The third kappa shape index (κ3) is 4.21. The molecule has 0 nitrogen and oxygen atoms in total. The number of rotatable bonds is 6. The van der Waals surface area contributed by atoms with Crippen molar-refractivity contribution in [3.05, 3.63) is 81.9 Å². The maximum absolute atomic E-state index is 3.02. The summed E-state index contributed by atoms with van der Waals surface area (Å²) < 4.78 is 1.31. The van der Waals surface area contributed by atoms with Crippen molar-refractivity contribution in [2.75, 3.05) is 0 Å². The van der Waals surface area contributed by atoms with E-state index in [1.165, 1.54) is 36.8 Å². The Kier molecular flexibility index (Phi) is 8.14. The molecule has 0 heterocycles. The first-order chi connectivity index (χ1) is 13.4. The molecule has 0 amide bonds. The van der Waals surface area contributed by atoms with Gasteiger partial charge in [0.1, 0.15) is 0 Å². The van der Waals surface area contributed by atoms with Crippen molar-refractivity contribution >= 4 is 44.6 Å². The van der Waals surface area contributed by atoms with Crippen LogP contribution < -0.4 is 0 Å². The molecule has 0 aliphatic heterocycles. The van der Waals surface area contributed by atoms with Crippen LogP contribution in [0.2, 0.25) is 10.5 Å². The fourth-order valence-electron chi connectivity index (χ4n) is 6.19. The Balaban J connectivity index is 0.00000160. The molecule has 4 rings (SSSR count). The van der Waals surface area contributed by atoms with Gasteiger partial charge >= 0.3 is 174 Å². The number of halogens is 2. The molecular formula is C26H36Cl2SiTi. The molecule has 2 aromatic carbocycles. The van der Waals surface area contributed by atoms with Gasteiger partial charge in [0, 0.05) is 0 Å². The predicted molar refractivity (Wildman–Crippen MR) is 139 cm³/mol. The van der Waals surface area contributed by atoms with Gasteiger partial charge in [0.2, 0.25) is 0 Å². The fourth-order valence-corrected chi connectivity index (χ4v) is 19.2. The molecule has 0 saturated heterocycles. The van der Waals surface area contributed by atoms with E-state index in [0.717, 1.165) is 0 Å². The first-order valence-electron chi connectivity index (χ1n) is 11.0. The zero-order chi connectivity index (χ0) is 20.0. The Bertz CT molecular complexity index is 967. The van der Waals surface area contributed by atoms with Crippen LogP contribution in [0.25, 0.3) is 12.2 Å². The van der Waals surface area contributed by atoms with E-state index in [1.807, 2.05) is 0 Å². The Hall–Kier alpha value is -0.569. The van der Waals surface area contributed by atoms with Gasteiger partial charge in [0.25, 0.3) is 0 Å². The first-order valence-corrected chi connectivity index (χ1v) is 20.0. The molecule has 0 bridgehead atoms. The second-order valence-electron chi connectivity index (χ2n) is 10.00. The van der Waals surface area contributed by atoms with Crippen molar-refractivity contribution in [2.24, 2.45) is 0 Å². The maximum atomic E-state index is 2.74. The van der Waals surface area contributed by atoms with Gasteiger partial charge in [-0.05, 0) is 0 Å². The molecule has 0 saturated carbocycles. The molecule has 0 spiro atoms. The van der Waals surface area contributed by atoms with Crippen molar-refractivity contribution in [1.29, 1.82) is 0 Å². The second kappa shape index (κ2) is 9.51. The van der Waals surface area contributed by atoms with Crippen LogP contribution in [-0.4, -0.2) is 7.63 Å². The number of benzene rings is 2. The molecule has 0 N–H and O–H groups in total. The molecule has 0 radical (unpaired) electrons. The largest absolute Gasteiger partial charge is 0.147 e. The van der Waals surface area contributed by atoms with Crippen LogP contribution >= 0.6 is 24.8 Å². The summed E-state index contributed by atoms with van der Waals surface area (Å²) in [7, 11) is 2.45. The Morgan fingerprint density at radius 2 is 1.07 bits per heavy atom. The molecule has 0 fully saturated rings. The van der Waals surface area contributed by atoms with E-state index >= 15 is 0 Å². The topological polar surface area (TPSA) is 0 Å². The monoisotopic (exact) mass is 494 g/mol. The van der Waals surface area contributed by atoms with Crippen LogP contribution in [0.5, 0.6) is 0 Å². The molecule has 2 aliphatic rings. The van der Waals surface area contributed by atoms with E-state index in [-0.39, 0.29) is 24.8 Å². The summed E-state index contributed by atoms with van der Waals surface area (Å²) in [4.78, 5) is 0. The third-order valence-corrected chi connectivity index (χ3v) is 18.4. The maximum Gasteiger partial charge on any atom is -0.147 e. The van der Waals surface area contributed by atoms with Gasteiger partial charge in [-0.2, -0.15) is 0 Å². The van der Waals surface area contributed by atoms with E-state index in [4.69, 9.17) is 0 Å². The Labute approximate surface area is 198 Å². The normalized spacial score (nSPS) is 19.8. The summed E-state index contributed by atoms with van der Waals surface area (Å²) in [6, 6.07) is 18.4. The van der Waals surface area contributed by atoms with Crippen molar-refractivity contribution in [1.82, 2.24) is 0 Å². The molecule has 2 aliphatic carbocycles. The minimum atomic E-state index is -3.02. The van der Waals surface area contributed by atoms with E-state index in [0.29, 0.717) is 8.45 Å². The number of allylic oxidation sites excluding steroid dienone is 2. The summed E-state index contributed by atoms with van der Waals surface area (Å²) in [5.74, 6) is 0. The molecule has 4 heteroatoms. The average molecular weight is 495 g/mol. The van der Waals surface area contributed by atoms with Gasteiger partial charge < -0.3 is 0 Å². The van der Waals surface area contributed by atoms with Gasteiger partial charge in [-0.1, -0.05) is 0 Å². The van der Waals surface area contributed by atoms with Crippen LogP contribution in [-0.2, 0) is 14.0 Å². The standard InChI is InChI=1S/2C12H13.2CH3.2ClH.H2Si.Ti/c2*1-2-5-10-8-11-6-3-4-7-12(11)9-10;;;;;;/h2*3-4,6-9H,2,5H2,1H3;2*1H3;2*1H;1H2;. The third-order valence-electron chi connectivity index (χ3n) is 7.01. The molecule has 0 aromatic heterocycles. The van der Waals surface area contributed by atoms with E-state index in [1.54, 1.807) is 22.3 Å². The first kappa shape index (κ1) is 25.7. The Morgan fingerprint density at radius 1 is 0.700 bits per heavy atom. The summed E-state index contributed by atoms with van der Waals surface area (Å²) in [6.07, 6.45) is 10.0. The quantitative estimate of drug-likeness (QED) is 0.356. The molecule has 2 aromatic rings. The summed E-state index contributed by atoms with van der Waals surface area (Å²) in [5.41, 5.74) is 9.61. The summed E-state index contributed by atoms with van der Waals surface area (Å²) >= 11 is -3.02. The van der Waals surface area contributed by atoms with Gasteiger partial charge in [0.05, 0.1) is 0 Å².